The Morgan fingerprint density at radius 1 is 1.26 bits per heavy atom. The average Bonchev–Trinajstić information content (AvgIpc) is 2.93. The van der Waals surface area contributed by atoms with Gasteiger partial charge in [-0.2, -0.15) is 0 Å². The number of carboxylic acids is 1. The number of ether oxygens (including phenoxy) is 1. The van der Waals surface area contributed by atoms with E-state index in [1.54, 1.807) is 45.0 Å². The second kappa shape index (κ2) is 6.51. The third-order valence-electron chi connectivity index (χ3n) is 2.83. The largest absolute Gasteiger partial charge is 0.475 e. The molecule has 1 atom stereocenters. The molecule has 0 aliphatic heterocycles. The number of aromatic carboxylic acids is 1. The SMILES string of the molecule is CC(C)(C)OC(=O)NC(c1ccccc1)c1cc(C(=O)O)on1. The van der Waals surface area contributed by atoms with Gasteiger partial charge in [-0.1, -0.05) is 35.5 Å². The zero-order valence-electron chi connectivity index (χ0n) is 13.1. The molecular formula is C16H18N2O5. The van der Waals surface area contributed by atoms with Gasteiger partial charge in [-0.3, -0.25) is 0 Å². The summed E-state index contributed by atoms with van der Waals surface area (Å²) in [4.78, 5) is 23.0. The number of alkyl carbamates (subject to hydrolysis) is 1. The summed E-state index contributed by atoms with van der Waals surface area (Å²) in [5.74, 6) is -1.53. The zero-order valence-corrected chi connectivity index (χ0v) is 13.1. The minimum atomic E-state index is -1.23. The van der Waals surface area contributed by atoms with Crippen molar-refractivity contribution >= 4 is 12.1 Å². The highest BCUT2D eigenvalue weighted by Crippen LogP contribution is 2.22. The summed E-state index contributed by atoms with van der Waals surface area (Å²) in [7, 11) is 0. The van der Waals surface area contributed by atoms with Crippen LogP contribution in [0, 0.1) is 0 Å². The number of aromatic nitrogens is 1. The topological polar surface area (TPSA) is 102 Å². The molecule has 0 fully saturated rings. The molecule has 1 unspecified atom stereocenters. The van der Waals surface area contributed by atoms with E-state index < -0.39 is 23.7 Å². The highest BCUT2D eigenvalue weighted by molar-refractivity contribution is 5.84. The standard InChI is InChI=1S/C16H18N2O5/c1-16(2,3)22-15(21)17-13(10-7-5-4-6-8-10)11-9-12(14(19)20)23-18-11/h4-9,13H,1-3H3,(H,17,21)(H,19,20). The fourth-order valence-electron chi connectivity index (χ4n) is 1.92. The molecule has 0 aliphatic carbocycles. The van der Waals surface area contributed by atoms with Crippen LogP contribution in [-0.4, -0.2) is 27.9 Å². The molecule has 1 amide bonds. The summed E-state index contributed by atoms with van der Waals surface area (Å²) in [6, 6.07) is 9.61. The van der Waals surface area contributed by atoms with Gasteiger partial charge >= 0.3 is 12.1 Å². The van der Waals surface area contributed by atoms with Gasteiger partial charge in [-0.15, -0.1) is 0 Å². The minimum absolute atomic E-state index is 0.277. The first-order valence-electron chi connectivity index (χ1n) is 7.00. The van der Waals surface area contributed by atoms with E-state index in [-0.39, 0.29) is 11.5 Å². The quantitative estimate of drug-likeness (QED) is 0.898. The van der Waals surface area contributed by atoms with Crippen LogP contribution in [0.4, 0.5) is 4.79 Å². The number of carboxylic acid groups (broad SMARTS) is 1. The van der Waals surface area contributed by atoms with Gasteiger partial charge in [0.2, 0.25) is 5.76 Å². The average molecular weight is 318 g/mol. The number of nitrogens with one attached hydrogen (secondary N) is 1. The number of amides is 1. The van der Waals surface area contributed by atoms with Crippen molar-refractivity contribution in [2.75, 3.05) is 0 Å². The first-order valence-corrected chi connectivity index (χ1v) is 7.00. The highest BCUT2D eigenvalue weighted by atomic mass is 16.6. The third-order valence-corrected chi connectivity index (χ3v) is 2.83. The summed E-state index contributed by atoms with van der Waals surface area (Å²) in [6.45, 7) is 5.26. The molecule has 1 heterocycles. The van der Waals surface area contributed by atoms with Gasteiger partial charge in [-0.25, -0.2) is 9.59 Å². The summed E-state index contributed by atoms with van der Waals surface area (Å²) in [6.07, 6.45) is -0.633. The molecule has 122 valence electrons. The molecule has 0 spiro atoms. The Balaban J connectivity index is 2.29. The van der Waals surface area contributed by atoms with Crippen molar-refractivity contribution in [1.82, 2.24) is 10.5 Å². The van der Waals surface area contributed by atoms with Crippen molar-refractivity contribution in [3.63, 3.8) is 0 Å². The molecule has 7 heteroatoms. The normalized spacial score (nSPS) is 12.5. The molecule has 2 rings (SSSR count). The number of nitrogens with zero attached hydrogens (tertiary/aromatic N) is 1. The summed E-state index contributed by atoms with van der Waals surface area (Å²) in [5.41, 5.74) is 0.351. The van der Waals surface area contributed by atoms with Crippen LogP contribution in [0.2, 0.25) is 0 Å². The minimum Gasteiger partial charge on any atom is -0.475 e. The van der Waals surface area contributed by atoms with E-state index in [0.29, 0.717) is 0 Å². The summed E-state index contributed by atoms with van der Waals surface area (Å²) >= 11 is 0. The number of carbonyl (C=O) groups excluding carboxylic acids is 1. The van der Waals surface area contributed by atoms with Crippen LogP contribution < -0.4 is 5.32 Å². The van der Waals surface area contributed by atoms with E-state index >= 15 is 0 Å². The Morgan fingerprint density at radius 2 is 1.91 bits per heavy atom. The molecule has 7 nitrogen and oxygen atoms in total. The lowest BCUT2D eigenvalue weighted by Crippen LogP contribution is -2.35. The second-order valence-electron chi connectivity index (χ2n) is 5.91. The molecule has 0 aliphatic rings. The molecule has 1 aromatic carbocycles. The van der Waals surface area contributed by atoms with Crippen molar-refractivity contribution < 1.29 is 24.0 Å². The smallest absolute Gasteiger partial charge is 0.408 e. The van der Waals surface area contributed by atoms with Crippen LogP contribution in [0.15, 0.2) is 40.9 Å². The Kier molecular flexibility index (Phi) is 4.68. The van der Waals surface area contributed by atoms with Crippen LogP contribution in [0.1, 0.15) is 48.6 Å². The first kappa shape index (κ1) is 16.5. The maximum atomic E-state index is 12.0. The van der Waals surface area contributed by atoms with Crippen LogP contribution in [-0.2, 0) is 4.74 Å². The number of hydrogen-bond acceptors (Lipinski definition) is 5. The summed E-state index contributed by atoms with van der Waals surface area (Å²) < 4.78 is 10.0. The molecule has 0 radical (unpaired) electrons. The van der Waals surface area contributed by atoms with Crippen molar-refractivity contribution in [3.05, 3.63) is 53.4 Å². The Morgan fingerprint density at radius 3 is 2.43 bits per heavy atom. The molecule has 1 aromatic heterocycles. The van der Waals surface area contributed by atoms with Crippen LogP contribution >= 0.6 is 0 Å². The predicted molar refractivity (Wildman–Crippen MR) is 81.1 cm³/mol. The van der Waals surface area contributed by atoms with Crippen molar-refractivity contribution in [1.29, 1.82) is 0 Å². The van der Waals surface area contributed by atoms with E-state index in [1.807, 2.05) is 6.07 Å². The summed E-state index contributed by atoms with van der Waals surface area (Å²) in [5, 5.41) is 15.4. The van der Waals surface area contributed by atoms with E-state index in [1.165, 1.54) is 6.07 Å². The van der Waals surface area contributed by atoms with E-state index in [9.17, 15) is 9.59 Å². The molecule has 0 saturated carbocycles. The Hall–Kier alpha value is -2.83. The van der Waals surface area contributed by atoms with E-state index in [4.69, 9.17) is 14.4 Å². The van der Waals surface area contributed by atoms with Gasteiger partial charge in [0.15, 0.2) is 0 Å². The number of rotatable bonds is 4. The van der Waals surface area contributed by atoms with Crippen molar-refractivity contribution in [2.24, 2.45) is 0 Å². The van der Waals surface area contributed by atoms with Gasteiger partial charge in [0, 0.05) is 6.07 Å². The lowest BCUT2D eigenvalue weighted by atomic mass is 10.0. The van der Waals surface area contributed by atoms with Gasteiger partial charge in [0.1, 0.15) is 17.3 Å². The highest BCUT2D eigenvalue weighted by Gasteiger charge is 2.25. The van der Waals surface area contributed by atoms with Crippen LogP contribution in [0.5, 0.6) is 0 Å². The van der Waals surface area contributed by atoms with E-state index in [2.05, 4.69) is 10.5 Å². The number of hydrogen-bond donors (Lipinski definition) is 2. The molecule has 0 saturated heterocycles. The molecular weight excluding hydrogens is 300 g/mol. The molecule has 23 heavy (non-hydrogen) atoms. The van der Waals surface area contributed by atoms with E-state index in [0.717, 1.165) is 5.56 Å². The van der Waals surface area contributed by atoms with Gasteiger partial charge in [0.05, 0.1) is 0 Å². The van der Waals surface area contributed by atoms with Crippen molar-refractivity contribution in [3.8, 4) is 0 Å². The lowest BCUT2D eigenvalue weighted by molar-refractivity contribution is 0.0509. The number of carbonyl (C=O) groups is 2. The first-order chi connectivity index (χ1) is 10.8. The van der Waals surface area contributed by atoms with Gasteiger partial charge < -0.3 is 19.7 Å². The molecule has 0 bridgehead atoms. The molecule has 2 aromatic rings. The Labute approximate surface area is 133 Å². The third kappa shape index (κ3) is 4.57. The Bertz CT molecular complexity index is 688. The van der Waals surface area contributed by atoms with Crippen LogP contribution in [0.3, 0.4) is 0 Å². The monoisotopic (exact) mass is 318 g/mol. The molecule has 2 N–H and O–H groups in total. The lowest BCUT2D eigenvalue weighted by Gasteiger charge is -2.23. The zero-order chi connectivity index (χ0) is 17.0. The number of benzene rings is 1. The van der Waals surface area contributed by atoms with Crippen molar-refractivity contribution in [2.45, 2.75) is 32.4 Å². The maximum absolute atomic E-state index is 12.0. The fraction of sp³-hybridized carbons (Fsp3) is 0.312. The van der Waals surface area contributed by atoms with Crippen LogP contribution in [0.25, 0.3) is 0 Å². The van der Waals surface area contributed by atoms with Gasteiger partial charge in [-0.05, 0) is 26.3 Å². The second-order valence-corrected chi connectivity index (χ2v) is 5.91. The predicted octanol–water partition coefficient (Wildman–Crippen LogP) is 2.99. The van der Waals surface area contributed by atoms with Gasteiger partial charge in [0.25, 0.3) is 0 Å². The fourth-order valence-corrected chi connectivity index (χ4v) is 1.92. The maximum Gasteiger partial charge on any atom is 0.408 e.